The number of rotatable bonds is 3. The molecule has 0 aliphatic carbocycles. The average molecular weight is 260 g/mol. The summed E-state index contributed by atoms with van der Waals surface area (Å²) in [4.78, 5) is 11.5. The number of anilines is 2. The summed E-state index contributed by atoms with van der Waals surface area (Å²) in [6, 6.07) is 0. The Balaban J connectivity index is 2.02. The van der Waals surface area contributed by atoms with Crippen LogP contribution in [0.25, 0.3) is 11.0 Å². The van der Waals surface area contributed by atoms with Gasteiger partial charge in [-0.3, -0.25) is 5.10 Å². The fraction of sp³-hybridized carbons (Fsp3) is 0.615. The number of piperidine rings is 1. The molecule has 2 aromatic heterocycles. The Morgan fingerprint density at radius 3 is 3.16 bits per heavy atom. The first kappa shape index (κ1) is 12.2. The Bertz CT molecular complexity index is 563. The van der Waals surface area contributed by atoms with Crippen LogP contribution in [0.3, 0.4) is 0 Å². The summed E-state index contributed by atoms with van der Waals surface area (Å²) < 4.78 is 0. The predicted molar refractivity (Wildman–Crippen MR) is 76.5 cm³/mol. The zero-order valence-electron chi connectivity index (χ0n) is 11.5. The Kier molecular flexibility index (Phi) is 3.23. The second-order valence-electron chi connectivity index (χ2n) is 5.23. The zero-order valence-corrected chi connectivity index (χ0v) is 11.5. The molecule has 102 valence electrons. The Labute approximate surface area is 112 Å². The van der Waals surface area contributed by atoms with Crippen LogP contribution in [0.1, 0.15) is 26.7 Å². The molecule has 0 amide bonds. The van der Waals surface area contributed by atoms with Crippen LogP contribution in [0.5, 0.6) is 0 Å². The van der Waals surface area contributed by atoms with E-state index in [4.69, 9.17) is 0 Å². The number of nitrogens with zero attached hydrogens (tertiary/aromatic N) is 4. The molecule has 1 unspecified atom stereocenters. The molecule has 19 heavy (non-hydrogen) atoms. The lowest BCUT2D eigenvalue weighted by Gasteiger charge is -2.32. The van der Waals surface area contributed by atoms with Gasteiger partial charge in [0, 0.05) is 19.6 Å². The molecular formula is C13H20N6. The summed E-state index contributed by atoms with van der Waals surface area (Å²) in [6.45, 7) is 7.28. The highest BCUT2D eigenvalue weighted by atomic mass is 15.3. The highest BCUT2D eigenvalue weighted by Gasteiger charge is 2.21. The van der Waals surface area contributed by atoms with Crippen LogP contribution < -0.4 is 10.2 Å². The summed E-state index contributed by atoms with van der Waals surface area (Å²) >= 11 is 0. The first-order chi connectivity index (χ1) is 9.28. The lowest BCUT2D eigenvalue weighted by atomic mass is 10.0. The van der Waals surface area contributed by atoms with Crippen molar-refractivity contribution < 1.29 is 0 Å². The normalized spacial score (nSPS) is 19.9. The second-order valence-corrected chi connectivity index (χ2v) is 5.23. The van der Waals surface area contributed by atoms with E-state index in [-0.39, 0.29) is 0 Å². The molecule has 6 nitrogen and oxygen atoms in total. The number of hydrogen-bond donors (Lipinski definition) is 2. The second kappa shape index (κ2) is 5.03. The molecule has 3 heterocycles. The molecule has 1 atom stereocenters. The van der Waals surface area contributed by atoms with Gasteiger partial charge >= 0.3 is 0 Å². The third-order valence-corrected chi connectivity index (χ3v) is 3.58. The van der Waals surface area contributed by atoms with Crippen molar-refractivity contribution in [2.24, 2.45) is 5.92 Å². The highest BCUT2D eigenvalue weighted by Crippen LogP contribution is 2.27. The fourth-order valence-electron chi connectivity index (χ4n) is 2.68. The first-order valence-electron chi connectivity index (χ1n) is 6.98. The van der Waals surface area contributed by atoms with E-state index < -0.39 is 0 Å². The SMILES string of the molecule is CCNc1nc(N2CCCC(C)C2)c2cn[nH]c2n1. The fourth-order valence-corrected chi connectivity index (χ4v) is 2.68. The summed E-state index contributed by atoms with van der Waals surface area (Å²) in [5.74, 6) is 2.39. The van der Waals surface area contributed by atoms with Crippen molar-refractivity contribution >= 4 is 22.8 Å². The topological polar surface area (TPSA) is 69.7 Å². The van der Waals surface area contributed by atoms with Crippen molar-refractivity contribution in [3.8, 4) is 0 Å². The maximum atomic E-state index is 4.66. The van der Waals surface area contributed by atoms with Crippen LogP contribution in [0.2, 0.25) is 0 Å². The van der Waals surface area contributed by atoms with E-state index >= 15 is 0 Å². The number of fused-ring (bicyclic) bond motifs is 1. The van der Waals surface area contributed by atoms with E-state index in [1.165, 1.54) is 12.8 Å². The van der Waals surface area contributed by atoms with E-state index in [1.807, 2.05) is 13.1 Å². The summed E-state index contributed by atoms with van der Waals surface area (Å²) in [5, 5.41) is 11.2. The van der Waals surface area contributed by atoms with E-state index in [9.17, 15) is 0 Å². The molecule has 0 spiro atoms. The van der Waals surface area contributed by atoms with E-state index in [2.05, 4.69) is 37.3 Å². The van der Waals surface area contributed by atoms with Gasteiger partial charge < -0.3 is 10.2 Å². The van der Waals surface area contributed by atoms with Gasteiger partial charge in [0.2, 0.25) is 5.95 Å². The summed E-state index contributed by atoms with van der Waals surface area (Å²) in [7, 11) is 0. The molecule has 6 heteroatoms. The van der Waals surface area contributed by atoms with E-state index in [0.717, 1.165) is 36.5 Å². The van der Waals surface area contributed by atoms with Gasteiger partial charge in [0.05, 0.1) is 11.6 Å². The van der Waals surface area contributed by atoms with E-state index in [1.54, 1.807) is 0 Å². The van der Waals surface area contributed by atoms with Crippen LogP contribution in [-0.4, -0.2) is 39.8 Å². The lowest BCUT2D eigenvalue weighted by Crippen LogP contribution is -2.35. The Morgan fingerprint density at radius 1 is 1.47 bits per heavy atom. The molecule has 0 radical (unpaired) electrons. The largest absolute Gasteiger partial charge is 0.356 e. The van der Waals surface area contributed by atoms with Crippen molar-refractivity contribution in [1.82, 2.24) is 20.2 Å². The van der Waals surface area contributed by atoms with Crippen LogP contribution in [-0.2, 0) is 0 Å². The molecule has 0 bridgehead atoms. The van der Waals surface area contributed by atoms with Crippen LogP contribution in [0.15, 0.2) is 6.20 Å². The van der Waals surface area contributed by atoms with Crippen LogP contribution in [0, 0.1) is 5.92 Å². The third-order valence-electron chi connectivity index (χ3n) is 3.58. The number of aromatic nitrogens is 4. The molecular weight excluding hydrogens is 240 g/mol. The molecule has 1 aliphatic heterocycles. The van der Waals surface area contributed by atoms with Crippen molar-refractivity contribution in [2.45, 2.75) is 26.7 Å². The molecule has 3 rings (SSSR count). The van der Waals surface area contributed by atoms with Crippen molar-refractivity contribution in [2.75, 3.05) is 29.9 Å². The van der Waals surface area contributed by atoms with Gasteiger partial charge in [-0.05, 0) is 25.7 Å². The van der Waals surface area contributed by atoms with Gasteiger partial charge in [0.25, 0.3) is 0 Å². The number of H-pyrrole nitrogens is 1. The van der Waals surface area contributed by atoms with Gasteiger partial charge in [-0.2, -0.15) is 15.1 Å². The van der Waals surface area contributed by atoms with Gasteiger partial charge in [0.1, 0.15) is 5.82 Å². The summed E-state index contributed by atoms with van der Waals surface area (Å²) in [5.41, 5.74) is 0.805. The van der Waals surface area contributed by atoms with Gasteiger partial charge in [-0.15, -0.1) is 0 Å². The van der Waals surface area contributed by atoms with Gasteiger partial charge in [-0.1, -0.05) is 6.92 Å². The molecule has 1 saturated heterocycles. The molecule has 2 N–H and O–H groups in total. The first-order valence-corrected chi connectivity index (χ1v) is 6.98. The number of nitrogens with one attached hydrogen (secondary N) is 2. The van der Waals surface area contributed by atoms with E-state index in [0.29, 0.717) is 11.9 Å². The quantitative estimate of drug-likeness (QED) is 0.883. The van der Waals surface area contributed by atoms with Gasteiger partial charge in [0.15, 0.2) is 5.65 Å². The minimum absolute atomic E-state index is 0.674. The highest BCUT2D eigenvalue weighted by molar-refractivity contribution is 5.87. The average Bonchev–Trinajstić information content (AvgIpc) is 2.86. The van der Waals surface area contributed by atoms with Crippen molar-refractivity contribution in [3.63, 3.8) is 0 Å². The predicted octanol–water partition coefficient (Wildman–Crippen LogP) is 2.02. The molecule has 0 aromatic carbocycles. The minimum atomic E-state index is 0.674. The van der Waals surface area contributed by atoms with Crippen LogP contribution >= 0.6 is 0 Å². The number of hydrogen-bond acceptors (Lipinski definition) is 5. The molecule has 0 saturated carbocycles. The van der Waals surface area contributed by atoms with Crippen LogP contribution in [0.4, 0.5) is 11.8 Å². The monoisotopic (exact) mass is 260 g/mol. The standard InChI is InChI=1S/C13H20N6/c1-3-14-13-16-11-10(7-15-18-11)12(17-13)19-6-4-5-9(2)8-19/h7,9H,3-6,8H2,1-2H3,(H2,14,15,16,17,18). The van der Waals surface area contributed by atoms with Crippen molar-refractivity contribution in [3.05, 3.63) is 6.20 Å². The smallest absolute Gasteiger partial charge is 0.226 e. The van der Waals surface area contributed by atoms with Gasteiger partial charge in [-0.25, -0.2) is 0 Å². The molecule has 2 aromatic rings. The summed E-state index contributed by atoms with van der Waals surface area (Å²) in [6.07, 6.45) is 4.34. The Morgan fingerprint density at radius 2 is 2.37 bits per heavy atom. The molecule has 1 fully saturated rings. The number of aromatic amines is 1. The Hall–Kier alpha value is -1.85. The third kappa shape index (κ3) is 2.34. The molecule has 1 aliphatic rings. The van der Waals surface area contributed by atoms with Crippen molar-refractivity contribution in [1.29, 1.82) is 0 Å². The lowest BCUT2D eigenvalue weighted by molar-refractivity contribution is 0.445. The maximum absolute atomic E-state index is 4.66. The maximum Gasteiger partial charge on any atom is 0.226 e. The zero-order chi connectivity index (χ0) is 13.2. The minimum Gasteiger partial charge on any atom is -0.356 e.